The van der Waals surface area contributed by atoms with Gasteiger partial charge in [0.2, 0.25) is 0 Å². The number of hydrogen-bond acceptors (Lipinski definition) is 3. The Hall–Kier alpha value is -0.870. The Labute approximate surface area is 84.9 Å². The molecule has 0 saturated carbocycles. The molecule has 0 aliphatic heterocycles. The maximum atomic E-state index is 10.3. The predicted molar refractivity (Wildman–Crippen MR) is 54.2 cm³/mol. The summed E-state index contributed by atoms with van der Waals surface area (Å²) in [6.45, 7) is 0. The number of benzene rings is 1. The number of nitrogen functional groups attached to an aromatic ring is 1. The lowest BCUT2D eigenvalue weighted by Gasteiger charge is -2.02. The molecule has 1 aromatic carbocycles. The number of carbonyl (C=O) groups is 1. The van der Waals surface area contributed by atoms with E-state index in [1.54, 1.807) is 18.2 Å². The van der Waals surface area contributed by atoms with Crippen molar-refractivity contribution in [2.24, 2.45) is 0 Å². The van der Waals surface area contributed by atoms with Crippen LogP contribution in [-0.2, 0) is 4.79 Å². The van der Waals surface area contributed by atoms with Gasteiger partial charge in [0.15, 0.2) is 0 Å². The van der Waals surface area contributed by atoms with E-state index in [4.69, 9.17) is 22.4 Å². The van der Waals surface area contributed by atoms with Crippen LogP contribution >= 0.6 is 23.4 Å². The van der Waals surface area contributed by atoms with Crippen molar-refractivity contribution >= 4 is 35.0 Å². The molecule has 0 aromatic heterocycles. The SMILES string of the molecule is Nc1ccc(SCC(=O)O)c(Cl)c1. The van der Waals surface area contributed by atoms with Gasteiger partial charge in [-0.2, -0.15) is 0 Å². The van der Waals surface area contributed by atoms with E-state index < -0.39 is 5.97 Å². The Kier molecular flexibility index (Phi) is 3.45. The van der Waals surface area contributed by atoms with Crippen molar-refractivity contribution in [1.29, 1.82) is 0 Å². The summed E-state index contributed by atoms with van der Waals surface area (Å²) in [6.07, 6.45) is 0. The summed E-state index contributed by atoms with van der Waals surface area (Å²) in [5, 5.41) is 8.92. The van der Waals surface area contributed by atoms with Crippen LogP contribution in [0.1, 0.15) is 0 Å². The monoisotopic (exact) mass is 217 g/mol. The minimum Gasteiger partial charge on any atom is -0.481 e. The second kappa shape index (κ2) is 4.39. The highest BCUT2D eigenvalue weighted by Gasteiger charge is 2.03. The molecule has 0 amide bonds. The van der Waals surface area contributed by atoms with Crippen LogP contribution in [0.2, 0.25) is 5.02 Å². The molecule has 0 bridgehead atoms. The van der Waals surface area contributed by atoms with E-state index >= 15 is 0 Å². The lowest BCUT2D eigenvalue weighted by molar-refractivity contribution is -0.133. The predicted octanol–water partition coefficient (Wildman–Crippen LogP) is 2.10. The molecule has 70 valence electrons. The standard InChI is InChI=1S/C8H8ClNO2S/c9-6-3-5(10)1-2-7(6)13-4-8(11)12/h1-3H,4,10H2,(H,11,12). The highest BCUT2D eigenvalue weighted by Crippen LogP contribution is 2.28. The van der Waals surface area contributed by atoms with Crippen molar-refractivity contribution in [3.63, 3.8) is 0 Å². The lowest BCUT2D eigenvalue weighted by atomic mass is 10.3. The number of halogens is 1. The van der Waals surface area contributed by atoms with E-state index in [1.807, 2.05) is 0 Å². The summed E-state index contributed by atoms with van der Waals surface area (Å²) in [6, 6.07) is 5.01. The second-order valence-corrected chi connectivity index (χ2v) is 3.80. The third kappa shape index (κ3) is 3.16. The van der Waals surface area contributed by atoms with Gasteiger partial charge in [0.1, 0.15) is 0 Å². The fraction of sp³-hybridized carbons (Fsp3) is 0.125. The van der Waals surface area contributed by atoms with Gasteiger partial charge in [-0.25, -0.2) is 0 Å². The number of nitrogens with two attached hydrogens (primary N) is 1. The molecule has 3 nitrogen and oxygen atoms in total. The zero-order chi connectivity index (χ0) is 9.84. The maximum Gasteiger partial charge on any atom is 0.313 e. The molecule has 0 heterocycles. The molecule has 0 saturated heterocycles. The third-order valence-electron chi connectivity index (χ3n) is 1.31. The van der Waals surface area contributed by atoms with Gasteiger partial charge in [0.05, 0.1) is 10.8 Å². The summed E-state index contributed by atoms with van der Waals surface area (Å²) in [5.74, 6) is -0.859. The highest BCUT2D eigenvalue weighted by molar-refractivity contribution is 8.00. The lowest BCUT2D eigenvalue weighted by Crippen LogP contribution is -1.97. The fourth-order valence-corrected chi connectivity index (χ4v) is 1.77. The van der Waals surface area contributed by atoms with Gasteiger partial charge in [-0.15, -0.1) is 11.8 Å². The molecule has 3 N–H and O–H groups in total. The number of carboxylic acids is 1. The van der Waals surface area contributed by atoms with Crippen molar-refractivity contribution in [2.75, 3.05) is 11.5 Å². The zero-order valence-corrected chi connectivity index (χ0v) is 8.23. The number of rotatable bonds is 3. The second-order valence-electron chi connectivity index (χ2n) is 2.37. The van der Waals surface area contributed by atoms with Gasteiger partial charge in [-0.05, 0) is 18.2 Å². The Morgan fingerprint density at radius 1 is 1.62 bits per heavy atom. The zero-order valence-electron chi connectivity index (χ0n) is 6.66. The van der Waals surface area contributed by atoms with E-state index in [2.05, 4.69) is 0 Å². The molecule has 0 spiro atoms. The first kappa shape index (κ1) is 10.2. The van der Waals surface area contributed by atoms with E-state index in [0.717, 1.165) is 4.90 Å². The minimum atomic E-state index is -0.863. The summed E-state index contributed by atoms with van der Waals surface area (Å²) in [4.78, 5) is 11.0. The molecule has 0 radical (unpaired) electrons. The van der Waals surface area contributed by atoms with E-state index in [9.17, 15) is 4.79 Å². The Bertz CT molecular complexity index is 330. The van der Waals surface area contributed by atoms with Crippen LogP contribution in [0.15, 0.2) is 23.1 Å². The Morgan fingerprint density at radius 3 is 2.85 bits per heavy atom. The number of aliphatic carboxylic acids is 1. The fourth-order valence-electron chi connectivity index (χ4n) is 0.774. The van der Waals surface area contributed by atoms with Gasteiger partial charge < -0.3 is 10.8 Å². The molecule has 0 aliphatic rings. The van der Waals surface area contributed by atoms with Crippen LogP contribution in [0, 0.1) is 0 Å². The normalized spacial score (nSPS) is 9.92. The molecular formula is C8H8ClNO2S. The first-order valence-electron chi connectivity index (χ1n) is 3.49. The van der Waals surface area contributed by atoms with Crippen LogP contribution in [-0.4, -0.2) is 16.8 Å². The average molecular weight is 218 g/mol. The van der Waals surface area contributed by atoms with E-state index in [1.165, 1.54) is 11.8 Å². The summed E-state index contributed by atoms with van der Waals surface area (Å²) in [7, 11) is 0. The van der Waals surface area contributed by atoms with Crippen LogP contribution in [0.3, 0.4) is 0 Å². The topological polar surface area (TPSA) is 63.3 Å². The maximum absolute atomic E-state index is 10.3. The largest absolute Gasteiger partial charge is 0.481 e. The van der Waals surface area contributed by atoms with E-state index in [-0.39, 0.29) is 5.75 Å². The molecule has 0 aliphatic carbocycles. The molecule has 0 fully saturated rings. The molecule has 0 atom stereocenters. The Morgan fingerprint density at radius 2 is 2.31 bits per heavy atom. The smallest absolute Gasteiger partial charge is 0.313 e. The van der Waals surface area contributed by atoms with Gasteiger partial charge in [-0.1, -0.05) is 11.6 Å². The van der Waals surface area contributed by atoms with Gasteiger partial charge in [0.25, 0.3) is 0 Å². The first-order chi connectivity index (χ1) is 6.09. The molecule has 13 heavy (non-hydrogen) atoms. The van der Waals surface area contributed by atoms with Crippen molar-refractivity contribution < 1.29 is 9.90 Å². The highest BCUT2D eigenvalue weighted by atomic mass is 35.5. The summed E-state index contributed by atoms with van der Waals surface area (Å²) < 4.78 is 0. The van der Waals surface area contributed by atoms with Crippen LogP contribution < -0.4 is 5.73 Å². The molecule has 1 rings (SSSR count). The number of thioether (sulfide) groups is 1. The third-order valence-corrected chi connectivity index (χ3v) is 2.79. The van der Waals surface area contributed by atoms with Crippen LogP contribution in [0.4, 0.5) is 5.69 Å². The van der Waals surface area contributed by atoms with Crippen LogP contribution in [0.25, 0.3) is 0 Å². The van der Waals surface area contributed by atoms with Crippen molar-refractivity contribution in [1.82, 2.24) is 0 Å². The van der Waals surface area contributed by atoms with Crippen molar-refractivity contribution in [3.05, 3.63) is 23.2 Å². The van der Waals surface area contributed by atoms with Gasteiger partial charge >= 0.3 is 5.97 Å². The number of carboxylic acid groups (broad SMARTS) is 1. The molecule has 0 unspecified atom stereocenters. The minimum absolute atomic E-state index is 0.00361. The van der Waals surface area contributed by atoms with Crippen LogP contribution in [0.5, 0.6) is 0 Å². The molecule has 5 heteroatoms. The van der Waals surface area contributed by atoms with Crippen molar-refractivity contribution in [2.45, 2.75) is 4.90 Å². The number of anilines is 1. The Balaban J connectivity index is 2.72. The molecule has 1 aromatic rings. The number of hydrogen-bond donors (Lipinski definition) is 2. The van der Waals surface area contributed by atoms with Crippen molar-refractivity contribution in [3.8, 4) is 0 Å². The average Bonchev–Trinajstić information content (AvgIpc) is 2.02. The van der Waals surface area contributed by atoms with Gasteiger partial charge in [-0.3, -0.25) is 4.79 Å². The molecular weight excluding hydrogens is 210 g/mol. The quantitative estimate of drug-likeness (QED) is 0.601. The summed E-state index contributed by atoms with van der Waals surface area (Å²) in [5.41, 5.74) is 6.05. The first-order valence-corrected chi connectivity index (χ1v) is 4.85. The van der Waals surface area contributed by atoms with E-state index in [0.29, 0.717) is 10.7 Å². The van der Waals surface area contributed by atoms with Gasteiger partial charge in [0, 0.05) is 10.6 Å². The summed E-state index contributed by atoms with van der Waals surface area (Å²) >= 11 is 7.00.